The van der Waals surface area contributed by atoms with E-state index < -0.39 is 23.0 Å². The number of nitrogens with one attached hydrogen (secondary N) is 2. The normalized spacial score (nSPS) is 32.0. The Hall–Kier alpha value is -0.780. The monoisotopic (exact) mass is 250 g/mol. The first-order valence-electron chi connectivity index (χ1n) is 5.89. The molecule has 1 atom stereocenters. The second kappa shape index (κ2) is 3.86. The molecular weight excluding hydrogens is 233 g/mol. The maximum Gasteiger partial charge on any atom is 0.404 e. The number of alkyl halides is 3. The van der Waals surface area contributed by atoms with Crippen molar-refractivity contribution in [1.29, 1.82) is 0 Å². The van der Waals surface area contributed by atoms with Gasteiger partial charge in [0.1, 0.15) is 0 Å². The molecule has 0 radical (unpaired) electrons. The van der Waals surface area contributed by atoms with Crippen LogP contribution >= 0.6 is 0 Å². The quantitative estimate of drug-likeness (QED) is 0.781. The summed E-state index contributed by atoms with van der Waals surface area (Å²) in [7, 11) is 0. The van der Waals surface area contributed by atoms with Crippen LogP contribution in [0, 0.1) is 5.41 Å². The summed E-state index contributed by atoms with van der Waals surface area (Å²) in [6.07, 6.45) is -2.16. The Balaban J connectivity index is 2.14. The van der Waals surface area contributed by atoms with E-state index in [0.717, 1.165) is 19.3 Å². The minimum absolute atomic E-state index is 0.168. The minimum Gasteiger partial charge on any atom is -0.350 e. The van der Waals surface area contributed by atoms with Gasteiger partial charge >= 0.3 is 6.18 Å². The summed E-state index contributed by atoms with van der Waals surface area (Å²) in [6.45, 7) is 1.74. The molecule has 17 heavy (non-hydrogen) atoms. The number of amides is 1. The highest BCUT2D eigenvalue weighted by molar-refractivity contribution is 5.85. The van der Waals surface area contributed by atoms with E-state index in [4.69, 9.17) is 0 Å². The SMILES string of the molecule is CC1(NC(=O)C2(C(F)(F)F)CCNC2)CCC1. The van der Waals surface area contributed by atoms with Crippen molar-refractivity contribution in [3.63, 3.8) is 0 Å². The van der Waals surface area contributed by atoms with Gasteiger partial charge in [0.2, 0.25) is 5.91 Å². The van der Waals surface area contributed by atoms with Crippen molar-refractivity contribution in [2.75, 3.05) is 13.1 Å². The van der Waals surface area contributed by atoms with Gasteiger partial charge in [0.05, 0.1) is 0 Å². The highest BCUT2D eigenvalue weighted by atomic mass is 19.4. The van der Waals surface area contributed by atoms with Gasteiger partial charge in [-0.05, 0) is 39.2 Å². The van der Waals surface area contributed by atoms with E-state index in [2.05, 4.69) is 10.6 Å². The smallest absolute Gasteiger partial charge is 0.350 e. The molecule has 1 unspecified atom stereocenters. The van der Waals surface area contributed by atoms with Gasteiger partial charge < -0.3 is 10.6 Å². The molecule has 2 aliphatic rings. The molecule has 0 aromatic carbocycles. The summed E-state index contributed by atoms with van der Waals surface area (Å²) in [5, 5.41) is 5.22. The number of hydrogen-bond donors (Lipinski definition) is 2. The van der Waals surface area contributed by atoms with Crippen molar-refractivity contribution in [1.82, 2.24) is 10.6 Å². The van der Waals surface area contributed by atoms with Gasteiger partial charge in [0, 0.05) is 12.1 Å². The number of rotatable bonds is 2. The standard InChI is InChI=1S/C11H17F3N2O/c1-9(3-2-4-9)16-8(17)10(11(12,13)14)5-6-15-7-10/h15H,2-7H2,1H3,(H,16,17). The van der Waals surface area contributed by atoms with Crippen LogP contribution in [0.1, 0.15) is 32.6 Å². The first kappa shape index (κ1) is 12.7. The van der Waals surface area contributed by atoms with Crippen LogP contribution < -0.4 is 10.6 Å². The second-order valence-corrected chi connectivity index (χ2v) is 5.37. The molecule has 1 amide bonds. The van der Waals surface area contributed by atoms with E-state index >= 15 is 0 Å². The zero-order valence-electron chi connectivity index (χ0n) is 9.78. The molecule has 3 nitrogen and oxygen atoms in total. The molecule has 1 heterocycles. The van der Waals surface area contributed by atoms with Gasteiger partial charge in [-0.25, -0.2) is 0 Å². The first-order valence-corrected chi connectivity index (χ1v) is 5.89. The van der Waals surface area contributed by atoms with Gasteiger partial charge in [0.25, 0.3) is 0 Å². The molecule has 1 saturated carbocycles. The van der Waals surface area contributed by atoms with Crippen molar-refractivity contribution < 1.29 is 18.0 Å². The highest BCUT2D eigenvalue weighted by Crippen LogP contribution is 2.44. The fourth-order valence-corrected chi connectivity index (χ4v) is 2.48. The van der Waals surface area contributed by atoms with Crippen molar-refractivity contribution in [2.24, 2.45) is 5.41 Å². The predicted molar refractivity (Wildman–Crippen MR) is 56.4 cm³/mol. The molecular formula is C11H17F3N2O. The first-order chi connectivity index (χ1) is 7.79. The minimum atomic E-state index is -4.49. The Bertz CT molecular complexity index is 317. The Labute approximate surface area is 98.1 Å². The molecule has 98 valence electrons. The molecule has 2 rings (SSSR count). The fraction of sp³-hybridized carbons (Fsp3) is 0.909. The molecule has 1 aliphatic heterocycles. The van der Waals surface area contributed by atoms with E-state index in [1.54, 1.807) is 6.92 Å². The fourth-order valence-electron chi connectivity index (χ4n) is 2.48. The van der Waals surface area contributed by atoms with Crippen molar-refractivity contribution in [2.45, 2.75) is 44.3 Å². The average Bonchev–Trinajstić information content (AvgIpc) is 2.63. The van der Waals surface area contributed by atoms with Gasteiger partial charge in [-0.15, -0.1) is 0 Å². The van der Waals surface area contributed by atoms with Crippen LogP contribution in [0.3, 0.4) is 0 Å². The zero-order valence-corrected chi connectivity index (χ0v) is 9.78. The van der Waals surface area contributed by atoms with E-state index in [1.807, 2.05) is 0 Å². The van der Waals surface area contributed by atoms with Crippen LogP contribution in [-0.4, -0.2) is 30.7 Å². The lowest BCUT2D eigenvalue weighted by Crippen LogP contribution is -2.60. The van der Waals surface area contributed by atoms with Gasteiger partial charge in [-0.1, -0.05) is 0 Å². The van der Waals surface area contributed by atoms with Crippen molar-refractivity contribution in [3.05, 3.63) is 0 Å². The Kier molecular flexibility index (Phi) is 2.88. The summed E-state index contributed by atoms with van der Waals surface area (Å²) in [6, 6.07) is 0. The summed E-state index contributed by atoms with van der Waals surface area (Å²) in [5.74, 6) is -0.864. The van der Waals surface area contributed by atoms with E-state index in [0.29, 0.717) is 0 Å². The molecule has 0 spiro atoms. The third kappa shape index (κ3) is 2.03. The summed E-state index contributed by atoms with van der Waals surface area (Å²) in [5.41, 5.74) is -2.66. The Morgan fingerprint density at radius 2 is 1.94 bits per heavy atom. The molecule has 2 N–H and O–H groups in total. The van der Waals surface area contributed by atoms with Crippen LogP contribution in [0.2, 0.25) is 0 Å². The molecule has 0 aromatic heterocycles. The molecule has 0 aromatic rings. The second-order valence-electron chi connectivity index (χ2n) is 5.37. The maximum atomic E-state index is 13.1. The number of halogens is 3. The van der Waals surface area contributed by atoms with Crippen LogP contribution in [0.25, 0.3) is 0 Å². The van der Waals surface area contributed by atoms with Crippen molar-refractivity contribution >= 4 is 5.91 Å². The summed E-state index contributed by atoms with van der Waals surface area (Å²) >= 11 is 0. The predicted octanol–water partition coefficient (Wildman–Crippen LogP) is 1.59. The number of hydrogen-bond acceptors (Lipinski definition) is 2. The van der Waals surface area contributed by atoms with Crippen LogP contribution in [-0.2, 0) is 4.79 Å². The lowest BCUT2D eigenvalue weighted by Gasteiger charge is -2.42. The lowest BCUT2D eigenvalue weighted by atomic mass is 9.76. The topological polar surface area (TPSA) is 41.1 Å². The summed E-state index contributed by atoms with van der Waals surface area (Å²) < 4.78 is 39.2. The number of carbonyl (C=O) groups excluding carboxylic acids is 1. The van der Waals surface area contributed by atoms with Crippen molar-refractivity contribution in [3.8, 4) is 0 Å². The van der Waals surface area contributed by atoms with Crippen LogP contribution in [0.5, 0.6) is 0 Å². The molecule has 0 bridgehead atoms. The van der Waals surface area contributed by atoms with Crippen LogP contribution in [0.4, 0.5) is 13.2 Å². The van der Waals surface area contributed by atoms with E-state index in [9.17, 15) is 18.0 Å². The van der Waals surface area contributed by atoms with Gasteiger partial charge in [-0.3, -0.25) is 4.79 Å². The Morgan fingerprint density at radius 1 is 1.29 bits per heavy atom. The zero-order chi connectivity index (χ0) is 12.7. The van der Waals surface area contributed by atoms with E-state index in [1.165, 1.54) is 0 Å². The third-order valence-corrected chi connectivity index (χ3v) is 4.01. The third-order valence-electron chi connectivity index (χ3n) is 4.01. The summed E-state index contributed by atoms with van der Waals surface area (Å²) in [4.78, 5) is 12.0. The molecule has 6 heteroatoms. The van der Waals surface area contributed by atoms with Crippen LogP contribution in [0.15, 0.2) is 0 Å². The Morgan fingerprint density at radius 3 is 2.29 bits per heavy atom. The lowest BCUT2D eigenvalue weighted by molar-refractivity contribution is -0.217. The van der Waals surface area contributed by atoms with Gasteiger partial charge in [0.15, 0.2) is 5.41 Å². The largest absolute Gasteiger partial charge is 0.404 e. The highest BCUT2D eigenvalue weighted by Gasteiger charge is 2.62. The molecule has 1 aliphatic carbocycles. The number of carbonyl (C=O) groups is 1. The molecule has 2 fully saturated rings. The average molecular weight is 250 g/mol. The van der Waals surface area contributed by atoms with E-state index in [-0.39, 0.29) is 19.5 Å². The maximum absolute atomic E-state index is 13.1. The molecule has 1 saturated heterocycles. The van der Waals surface area contributed by atoms with Gasteiger partial charge in [-0.2, -0.15) is 13.2 Å².